The molecular weight excluding hydrogens is 294 g/mol. The van der Waals surface area contributed by atoms with Gasteiger partial charge in [0.15, 0.2) is 0 Å². The number of rotatable bonds is 2. The number of hydrogen-bond acceptors (Lipinski definition) is 4. The topological polar surface area (TPSA) is 78.5 Å². The van der Waals surface area contributed by atoms with E-state index in [1.165, 1.54) is 6.92 Å². The van der Waals surface area contributed by atoms with Crippen molar-refractivity contribution in [1.29, 1.82) is 0 Å². The van der Waals surface area contributed by atoms with Crippen LogP contribution in [0.5, 0.6) is 0 Å². The molecule has 122 valence electrons. The van der Waals surface area contributed by atoms with Gasteiger partial charge in [0.1, 0.15) is 0 Å². The van der Waals surface area contributed by atoms with Crippen LogP contribution in [0.3, 0.4) is 0 Å². The molecule has 2 saturated heterocycles. The van der Waals surface area contributed by atoms with Crippen LogP contribution in [0.25, 0.3) is 0 Å². The molecule has 0 aromatic heterocycles. The second-order valence-corrected chi connectivity index (χ2v) is 6.54. The van der Waals surface area contributed by atoms with Gasteiger partial charge in [-0.05, 0) is 36.5 Å². The fourth-order valence-electron chi connectivity index (χ4n) is 3.56. The molecule has 2 heterocycles. The summed E-state index contributed by atoms with van der Waals surface area (Å²) in [5.74, 6) is -0.392. The Kier molecular flexibility index (Phi) is 4.07. The molecular formula is C17H21N3O3. The maximum Gasteiger partial charge on any atom is 0.227 e. The van der Waals surface area contributed by atoms with Crippen LogP contribution in [-0.4, -0.2) is 30.8 Å². The molecule has 0 aliphatic carbocycles. The second-order valence-electron chi connectivity index (χ2n) is 6.54. The molecule has 3 amide bonds. The first kappa shape index (κ1) is 15.5. The molecule has 0 unspecified atom stereocenters. The number of piperidine rings is 2. The van der Waals surface area contributed by atoms with Crippen LogP contribution in [-0.2, 0) is 14.4 Å². The Labute approximate surface area is 135 Å². The summed E-state index contributed by atoms with van der Waals surface area (Å²) in [5, 5.41) is 5.18. The van der Waals surface area contributed by atoms with Crippen molar-refractivity contribution in [3.8, 4) is 0 Å². The Bertz CT molecular complexity index is 630. The Morgan fingerprint density at radius 1 is 1.17 bits per heavy atom. The monoisotopic (exact) mass is 315 g/mol. The van der Waals surface area contributed by atoms with Gasteiger partial charge in [-0.2, -0.15) is 0 Å². The lowest BCUT2D eigenvalue weighted by Gasteiger charge is -2.43. The SMILES string of the molecule is CC(=O)Nc1cccc(N2CCC3(CC2)CC(=O)NC(=O)C3)c1. The molecule has 3 rings (SSSR count). The average molecular weight is 315 g/mol. The van der Waals surface area contributed by atoms with Gasteiger partial charge in [0.05, 0.1) is 0 Å². The molecule has 1 aromatic rings. The van der Waals surface area contributed by atoms with Gasteiger partial charge in [0, 0.05) is 44.2 Å². The van der Waals surface area contributed by atoms with Crippen LogP contribution in [0.2, 0.25) is 0 Å². The van der Waals surface area contributed by atoms with Crippen molar-refractivity contribution in [3.63, 3.8) is 0 Å². The van der Waals surface area contributed by atoms with Gasteiger partial charge in [-0.3, -0.25) is 19.7 Å². The van der Waals surface area contributed by atoms with Crippen LogP contribution >= 0.6 is 0 Å². The molecule has 1 spiro atoms. The van der Waals surface area contributed by atoms with Crippen LogP contribution in [0.1, 0.15) is 32.6 Å². The molecule has 0 radical (unpaired) electrons. The van der Waals surface area contributed by atoms with Crippen LogP contribution in [0.4, 0.5) is 11.4 Å². The standard InChI is InChI=1S/C17H21N3O3/c1-12(21)18-13-3-2-4-14(9-13)20-7-5-17(6-8-20)10-15(22)19-16(23)11-17/h2-4,9H,5-8,10-11H2,1H3,(H,18,21)(H,19,22,23). The molecule has 2 aliphatic heterocycles. The number of nitrogens with zero attached hydrogens (tertiary/aromatic N) is 1. The van der Waals surface area contributed by atoms with Crippen molar-refractivity contribution < 1.29 is 14.4 Å². The summed E-state index contributed by atoms with van der Waals surface area (Å²) in [6.07, 6.45) is 2.55. The number of anilines is 2. The van der Waals surface area contributed by atoms with E-state index in [9.17, 15) is 14.4 Å². The predicted molar refractivity (Wildman–Crippen MR) is 87.0 cm³/mol. The highest BCUT2D eigenvalue weighted by molar-refractivity contribution is 5.98. The number of carbonyl (C=O) groups excluding carboxylic acids is 3. The molecule has 0 saturated carbocycles. The van der Waals surface area contributed by atoms with E-state index in [1.807, 2.05) is 24.3 Å². The third kappa shape index (κ3) is 3.52. The van der Waals surface area contributed by atoms with Gasteiger partial charge in [0.25, 0.3) is 0 Å². The second kappa shape index (κ2) is 6.02. The van der Waals surface area contributed by atoms with Crippen molar-refractivity contribution >= 4 is 29.1 Å². The van der Waals surface area contributed by atoms with Gasteiger partial charge in [0.2, 0.25) is 17.7 Å². The van der Waals surface area contributed by atoms with Gasteiger partial charge in [-0.25, -0.2) is 0 Å². The fraction of sp³-hybridized carbons (Fsp3) is 0.471. The molecule has 6 nitrogen and oxygen atoms in total. The fourth-order valence-corrected chi connectivity index (χ4v) is 3.56. The molecule has 2 aliphatic rings. The predicted octanol–water partition coefficient (Wildman–Crippen LogP) is 1.67. The third-order valence-corrected chi connectivity index (χ3v) is 4.71. The number of carbonyl (C=O) groups is 3. The van der Waals surface area contributed by atoms with E-state index in [0.29, 0.717) is 12.8 Å². The summed E-state index contributed by atoms with van der Waals surface area (Å²) in [4.78, 5) is 36.7. The Hall–Kier alpha value is -2.37. The van der Waals surface area contributed by atoms with E-state index < -0.39 is 0 Å². The maximum atomic E-state index is 11.7. The molecule has 1 aromatic carbocycles. The summed E-state index contributed by atoms with van der Waals surface area (Å²) in [6, 6.07) is 7.75. The van der Waals surface area contributed by atoms with Crippen molar-refractivity contribution in [2.24, 2.45) is 5.41 Å². The minimum Gasteiger partial charge on any atom is -0.371 e. The van der Waals surface area contributed by atoms with E-state index in [2.05, 4.69) is 15.5 Å². The first-order valence-corrected chi connectivity index (χ1v) is 7.91. The third-order valence-electron chi connectivity index (χ3n) is 4.71. The minimum atomic E-state index is -0.175. The largest absolute Gasteiger partial charge is 0.371 e. The summed E-state index contributed by atoms with van der Waals surface area (Å²) in [5.41, 5.74) is 1.66. The van der Waals surface area contributed by atoms with Gasteiger partial charge in [-0.15, -0.1) is 0 Å². The number of hydrogen-bond donors (Lipinski definition) is 2. The summed E-state index contributed by atoms with van der Waals surface area (Å²) < 4.78 is 0. The van der Waals surface area contributed by atoms with Gasteiger partial charge >= 0.3 is 0 Å². The van der Waals surface area contributed by atoms with Crippen LogP contribution < -0.4 is 15.5 Å². The van der Waals surface area contributed by atoms with Gasteiger partial charge < -0.3 is 10.2 Å². The Balaban J connectivity index is 1.68. The maximum absolute atomic E-state index is 11.7. The minimum absolute atomic E-state index is 0.0912. The van der Waals surface area contributed by atoms with E-state index >= 15 is 0 Å². The highest BCUT2D eigenvalue weighted by atomic mass is 16.2. The number of nitrogens with one attached hydrogen (secondary N) is 2. The first-order valence-electron chi connectivity index (χ1n) is 7.91. The number of benzene rings is 1. The van der Waals surface area contributed by atoms with Crippen molar-refractivity contribution in [1.82, 2.24) is 5.32 Å². The zero-order valence-corrected chi connectivity index (χ0v) is 13.2. The summed E-state index contributed by atoms with van der Waals surface area (Å²) in [7, 11) is 0. The Morgan fingerprint density at radius 2 is 1.83 bits per heavy atom. The average Bonchev–Trinajstić information content (AvgIpc) is 2.46. The smallest absolute Gasteiger partial charge is 0.227 e. The first-order chi connectivity index (χ1) is 11.0. The molecule has 6 heteroatoms. The summed E-state index contributed by atoms with van der Waals surface area (Å²) >= 11 is 0. The highest BCUT2D eigenvalue weighted by Crippen LogP contribution is 2.41. The van der Waals surface area contributed by atoms with E-state index in [-0.39, 0.29) is 23.1 Å². The van der Waals surface area contributed by atoms with Gasteiger partial charge in [-0.1, -0.05) is 6.07 Å². The lowest BCUT2D eigenvalue weighted by atomic mass is 9.71. The molecule has 23 heavy (non-hydrogen) atoms. The summed E-state index contributed by atoms with van der Waals surface area (Å²) in [6.45, 7) is 3.11. The molecule has 0 bridgehead atoms. The van der Waals surface area contributed by atoms with Crippen LogP contribution in [0, 0.1) is 5.41 Å². The van der Waals surface area contributed by atoms with Crippen molar-refractivity contribution in [2.45, 2.75) is 32.6 Å². The van der Waals surface area contributed by atoms with E-state index in [0.717, 1.165) is 37.3 Å². The zero-order valence-electron chi connectivity index (χ0n) is 13.2. The molecule has 2 N–H and O–H groups in total. The normalized spacial score (nSPS) is 20.3. The number of imide groups is 1. The lowest BCUT2D eigenvalue weighted by molar-refractivity contribution is -0.138. The van der Waals surface area contributed by atoms with E-state index in [4.69, 9.17) is 0 Å². The van der Waals surface area contributed by atoms with E-state index in [1.54, 1.807) is 0 Å². The Morgan fingerprint density at radius 3 is 2.43 bits per heavy atom. The highest BCUT2D eigenvalue weighted by Gasteiger charge is 2.41. The zero-order chi connectivity index (χ0) is 16.4. The quantitative estimate of drug-likeness (QED) is 0.814. The van der Waals surface area contributed by atoms with Crippen molar-refractivity contribution in [3.05, 3.63) is 24.3 Å². The van der Waals surface area contributed by atoms with Crippen molar-refractivity contribution in [2.75, 3.05) is 23.3 Å². The van der Waals surface area contributed by atoms with Crippen LogP contribution in [0.15, 0.2) is 24.3 Å². The molecule has 0 atom stereocenters. The lowest BCUT2D eigenvalue weighted by Crippen LogP contribution is -2.50. The number of amides is 3. The molecule has 2 fully saturated rings.